The van der Waals surface area contributed by atoms with Crippen molar-refractivity contribution >= 4 is 17.6 Å². The van der Waals surface area contributed by atoms with Crippen molar-refractivity contribution in [1.82, 2.24) is 5.32 Å². The lowest BCUT2D eigenvalue weighted by atomic mass is 10.0. The van der Waals surface area contributed by atoms with Gasteiger partial charge in [0.25, 0.3) is 0 Å². The average Bonchev–Trinajstić information content (AvgIpc) is 2.92. The first-order valence-electron chi connectivity index (χ1n) is 6.79. The SMILES string of the molecule is COC(=O)c1cc(C)ccc1NC(=O)CC1CCNC1. The van der Waals surface area contributed by atoms with Gasteiger partial charge in [-0.1, -0.05) is 11.6 Å². The first kappa shape index (κ1) is 14.5. The molecule has 1 saturated heterocycles. The Hall–Kier alpha value is -1.88. The van der Waals surface area contributed by atoms with Gasteiger partial charge >= 0.3 is 5.97 Å². The molecule has 108 valence electrons. The van der Waals surface area contributed by atoms with Crippen molar-refractivity contribution in [2.75, 3.05) is 25.5 Å². The summed E-state index contributed by atoms with van der Waals surface area (Å²) in [5.74, 6) is -0.124. The van der Waals surface area contributed by atoms with Gasteiger partial charge in [0.05, 0.1) is 18.4 Å². The molecule has 5 heteroatoms. The maximum atomic E-state index is 12.0. The molecule has 5 nitrogen and oxygen atoms in total. The summed E-state index contributed by atoms with van der Waals surface area (Å²) < 4.78 is 4.75. The molecule has 1 atom stereocenters. The van der Waals surface area contributed by atoms with E-state index in [1.54, 1.807) is 12.1 Å². The molecule has 1 aliphatic heterocycles. The van der Waals surface area contributed by atoms with Crippen LogP contribution in [0.1, 0.15) is 28.8 Å². The van der Waals surface area contributed by atoms with Gasteiger partial charge in [0, 0.05) is 6.42 Å². The molecule has 0 saturated carbocycles. The van der Waals surface area contributed by atoms with E-state index in [0.717, 1.165) is 25.1 Å². The predicted molar refractivity (Wildman–Crippen MR) is 76.7 cm³/mol. The van der Waals surface area contributed by atoms with Crippen molar-refractivity contribution in [2.45, 2.75) is 19.8 Å². The molecule has 0 radical (unpaired) electrons. The van der Waals surface area contributed by atoms with Crippen molar-refractivity contribution in [3.05, 3.63) is 29.3 Å². The maximum Gasteiger partial charge on any atom is 0.339 e. The zero-order valence-corrected chi connectivity index (χ0v) is 11.9. The summed E-state index contributed by atoms with van der Waals surface area (Å²) in [6, 6.07) is 5.32. The Kier molecular flexibility index (Phi) is 4.74. The number of amides is 1. The summed E-state index contributed by atoms with van der Waals surface area (Å²) in [4.78, 5) is 23.8. The predicted octanol–water partition coefficient (Wildman–Crippen LogP) is 1.72. The third-order valence-electron chi connectivity index (χ3n) is 3.49. The average molecular weight is 276 g/mol. The molecule has 2 N–H and O–H groups in total. The number of anilines is 1. The lowest BCUT2D eigenvalue weighted by Crippen LogP contribution is -2.20. The van der Waals surface area contributed by atoms with E-state index in [-0.39, 0.29) is 5.91 Å². The Morgan fingerprint density at radius 2 is 2.25 bits per heavy atom. The summed E-state index contributed by atoms with van der Waals surface area (Å²) in [5.41, 5.74) is 1.85. The van der Waals surface area contributed by atoms with E-state index >= 15 is 0 Å². The second-order valence-electron chi connectivity index (χ2n) is 5.15. The molecule has 0 spiro atoms. The van der Waals surface area contributed by atoms with Gasteiger partial charge < -0.3 is 15.4 Å². The van der Waals surface area contributed by atoms with Crippen LogP contribution in [0.3, 0.4) is 0 Å². The van der Waals surface area contributed by atoms with Gasteiger partial charge in [0.2, 0.25) is 5.91 Å². The van der Waals surface area contributed by atoms with Crippen LogP contribution in [0.2, 0.25) is 0 Å². The molecule has 0 aromatic heterocycles. The fourth-order valence-electron chi connectivity index (χ4n) is 2.40. The Bertz CT molecular complexity index is 508. The van der Waals surface area contributed by atoms with Crippen molar-refractivity contribution in [3.63, 3.8) is 0 Å². The fraction of sp³-hybridized carbons (Fsp3) is 0.467. The van der Waals surface area contributed by atoms with Gasteiger partial charge in [0.15, 0.2) is 0 Å². The molecule has 1 aromatic rings. The van der Waals surface area contributed by atoms with Crippen LogP contribution in [0, 0.1) is 12.8 Å². The van der Waals surface area contributed by atoms with Gasteiger partial charge in [-0.15, -0.1) is 0 Å². The van der Waals surface area contributed by atoms with E-state index in [9.17, 15) is 9.59 Å². The number of rotatable bonds is 4. The molecule has 1 amide bonds. The van der Waals surface area contributed by atoms with Crippen LogP contribution in [-0.2, 0) is 9.53 Å². The first-order valence-corrected chi connectivity index (χ1v) is 6.79. The summed E-state index contributed by atoms with van der Waals surface area (Å²) in [6.07, 6.45) is 1.49. The molecule has 1 aromatic carbocycles. The molecule has 1 fully saturated rings. The third kappa shape index (κ3) is 3.57. The number of methoxy groups -OCH3 is 1. The number of carbonyl (C=O) groups excluding carboxylic acids is 2. The standard InChI is InChI=1S/C15H20N2O3/c1-10-3-4-13(12(7-10)15(19)20-2)17-14(18)8-11-5-6-16-9-11/h3-4,7,11,16H,5-6,8-9H2,1-2H3,(H,17,18). The molecule has 1 unspecified atom stereocenters. The highest BCUT2D eigenvalue weighted by Gasteiger charge is 2.19. The second kappa shape index (κ2) is 6.52. The van der Waals surface area contributed by atoms with Crippen LogP contribution in [0.5, 0.6) is 0 Å². The van der Waals surface area contributed by atoms with Crippen molar-refractivity contribution in [3.8, 4) is 0 Å². The van der Waals surface area contributed by atoms with Crippen LogP contribution in [-0.4, -0.2) is 32.1 Å². The summed E-state index contributed by atoms with van der Waals surface area (Å²) in [7, 11) is 1.33. The number of ether oxygens (including phenoxy) is 1. The highest BCUT2D eigenvalue weighted by molar-refractivity contribution is 6.01. The first-order chi connectivity index (χ1) is 9.60. The van der Waals surface area contributed by atoms with Crippen molar-refractivity contribution in [1.29, 1.82) is 0 Å². The highest BCUT2D eigenvalue weighted by Crippen LogP contribution is 2.20. The molecular weight excluding hydrogens is 256 g/mol. The van der Waals surface area contributed by atoms with Crippen LogP contribution in [0.25, 0.3) is 0 Å². The number of nitrogens with one attached hydrogen (secondary N) is 2. The van der Waals surface area contributed by atoms with E-state index in [4.69, 9.17) is 4.74 Å². The topological polar surface area (TPSA) is 67.4 Å². The van der Waals surface area contributed by atoms with E-state index in [1.165, 1.54) is 7.11 Å². The Morgan fingerprint density at radius 3 is 2.90 bits per heavy atom. The van der Waals surface area contributed by atoms with Crippen LogP contribution in [0.15, 0.2) is 18.2 Å². The van der Waals surface area contributed by atoms with Crippen LogP contribution >= 0.6 is 0 Å². The summed E-state index contributed by atoms with van der Waals surface area (Å²) >= 11 is 0. The molecule has 1 aliphatic rings. The van der Waals surface area contributed by atoms with Gasteiger partial charge in [-0.3, -0.25) is 4.79 Å². The summed E-state index contributed by atoms with van der Waals surface area (Å²) in [5, 5.41) is 6.05. The molecule has 20 heavy (non-hydrogen) atoms. The largest absolute Gasteiger partial charge is 0.465 e. The number of carbonyl (C=O) groups is 2. The number of hydrogen-bond donors (Lipinski definition) is 2. The smallest absolute Gasteiger partial charge is 0.339 e. The Balaban J connectivity index is 2.07. The maximum absolute atomic E-state index is 12.0. The minimum atomic E-state index is -0.438. The second-order valence-corrected chi connectivity index (χ2v) is 5.15. The monoisotopic (exact) mass is 276 g/mol. The van der Waals surface area contributed by atoms with Crippen LogP contribution in [0.4, 0.5) is 5.69 Å². The van der Waals surface area contributed by atoms with Crippen molar-refractivity contribution in [2.24, 2.45) is 5.92 Å². The third-order valence-corrected chi connectivity index (χ3v) is 3.49. The summed E-state index contributed by atoms with van der Waals surface area (Å²) in [6.45, 7) is 3.74. The number of benzene rings is 1. The molecular formula is C15H20N2O3. The lowest BCUT2D eigenvalue weighted by molar-refractivity contribution is -0.116. The molecule has 0 aliphatic carbocycles. The minimum absolute atomic E-state index is 0.0623. The zero-order chi connectivity index (χ0) is 14.5. The lowest BCUT2D eigenvalue weighted by Gasteiger charge is -2.12. The van der Waals surface area contributed by atoms with Gasteiger partial charge in [-0.2, -0.15) is 0 Å². The fourth-order valence-corrected chi connectivity index (χ4v) is 2.40. The van der Waals surface area contributed by atoms with Gasteiger partial charge in [0.1, 0.15) is 0 Å². The van der Waals surface area contributed by atoms with E-state index in [0.29, 0.717) is 23.6 Å². The van der Waals surface area contributed by atoms with E-state index in [1.807, 2.05) is 13.0 Å². The molecule has 1 heterocycles. The number of hydrogen-bond acceptors (Lipinski definition) is 4. The van der Waals surface area contributed by atoms with Crippen molar-refractivity contribution < 1.29 is 14.3 Å². The van der Waals surface area contributed by atoms with Crippen LogP contribution < -0.4 is 10.6 Å². The Labute approximate surface area is 118 Å². The quantitative estimate of drug-likeness (QED) is 0.822. The Morgan fingerprint density at radius 1 is 1.45 bits per heavy atom. The van der Waals surface area contributed by atoms with Gasteiger partial charge in [-0.25, -0.2) is 4.79 Å². The number of aryl methyl sites for hydroxylation is 1. The molecule has 0 bridgehead atoms. The van der Waals surface area contributed by atoms with E-state index < -0.39 is 5.97 Å². The van der Waals surface area contributed by atoms with Gasteiger partial charge in [-0.05, 0) is 44.5 Å². The highest BCUT2D eigenvalue weighted by atomic mass is 16.5. The normalized spacial score (nSPS) is 17.8. The molecule has 2 rings (SSSR count). The minimum Gasteiger partial charge on any atom is -0.465 e. The zero-order valence-electron chi connectivity index (χ0n) is 11.9. The van der Waals surface area contributed by atoms with E-state index in [2.05, 4.69) is 10.6 Å². The number of esters is 1.